The zero-order valence-electron chi connectivity index (χ0n) is 14.2. The molecule has 0 radical (unpaired) electrons. The number of primary sulfonamides is 1. The average molecular weight is 382 g/mol. The molecule has 2 rings (SSSR count). The molecule has 6 nitrogen and oxygen atoms in total. The van der Waals surface area contributed by atoms with Crippen molar-refractivity contribution in [3.8, 4) is 0 Å². The maximum Gasteiger partial charge on any atom is 0.238 e. The van der Waals surface area contributed by atoms with Crippen molar-refractivity contribution >= 4 is 16.0 Å². The van der Waals surface area contributed by atoms with Gasteiger partial charge in [-0.15, -0.1) is 0 Å². The largest absolute Gasteiger partial charge is 0.357 e. The van der Waals surface area contributed by atoms with E-state index in [0.717, 1.165) is 23.8 Å². The summed E-state index contributed by atoms with van der Waals surface area (Å²) in [5.41, 5.74) is 0.958. The lowest BCUT2D eigenvalue weighted by Gasteiger charge is -2.12. The summed E-state index contributed by atoms with van der Waals surface area (Å²) in [7, 11) is -3.73. The molecule has 4 N–H and O–H groups in total. The van der Waals surface area contributed by atoms with E-state index in [1.54, 1.807) is 12.1 Å². The van der Waals surface area contributed by atoms with Crippen molar-refractivity contribution in [3.05, 3.63) is 65.2 Å². The molecule has 0 amide bonds. The second kappa shape index (κ2) is 8.72. The van der Waals surface area contributed by atoms with Crippen LogP contribution in [0.5, 0.6) is 0 Å². The van der Waals surface area contributed by atoms with E-state index in [1.807, 2.05) is 6.92 Å². The molecule has 0 saturated carbocycles. The van der Waals surface area contributed by atoms with Crippen molar-refractivity contribution in [2.24, 2.45) is 10.1 Å². The highest BCUT2D eigenvalue weighted by atomic mass is 32.2. The molecule has 0 heterocycles. The van der Waals surface area contributed by atoms with Crippen molar-refractivity contribution in [3.63, 3.8) is 0 Å². The van der Waals surface area contributed by atoms with Gasteiger partial charge in [0.1, 0.15) is 11.6 Å². The molecule has 140 valence electrons. The van der Waals surface area contributed by atoms with Crippen molar-refractivity contribution in [1.29, 1.82) is 0 Å². The average Bonchev–Trinajstić information content (AvgIpc) is 2.59. The van der Waals surface area contributed by atoms with E-state index >= 15 is 0 Å². The molecular formula is C17H20F2N4O2S. The molecule has 26 heavy (non-hydrogen) atoms. The fourth-order valence-corrected chi connectivity index (χ4v) is 2.67. The van der Waals surface area contributed by atoms with Gasteiger partial charge in [0, 0.05) is 18.7 Å². The van der Waals surface area contributed by atoms with E-state index in [1.165, 1.54) is 12.1 Å². The van der Waals surface area contributed by atoms with E-state index in [-0.39, 0.29) is 23.5 Å². The first-order chi connectivity index (χ1) is 12.3. The van der Waals surface area contributed by atoms with E-state index in [4.69, 9.17) is 5.14 Å². The Morgan fingerprint density at radius 1 is 1.12 bits per heavy atom. The summed E-state index contributed by atoms with van der Waals surface area (Å²) in [6.07, 6.45) is 0. The summed E-state index contributed by atoms with van der Waals surface area (Å²) in [5.74, 6) is -0.597. The molecule has 0 aliphatic rings. The van der Waals surface area contributed by atoms with Gasteiger partial charge in [0.15, 0.2) is 5.96 Å². The lowest BCUT2D eigenvalue weighted by molar-refractivity contribution is 0.581. The number of sulfonamides is 1. The Morgan fingerprint density at radius 3 is 2.42 bits per heavy atom. The van der Waals surface area contributed by atoms with Gasteiger partial charge in [0.25, 0.3) is 0 Å². The van der Waals surface area contributed by atoms with Gasteiger partial charge in [0.2, 0.25) is 10.0 Å². The molecule has 9 heteroatoms. The van der Waals surface area contributed by atoms with Crippen molar-refractivity contribution in [2.75, 3.05) is 6.54 Å². The van der Waals surface area contributed by atoms with Gasteiger partial charge in [0.05, 0.1) is 11.4 Å². The third-order valence-electron chi connectivity index (χ3n) is 3.47. The molecule has 0 atom stereocenters. The minimum atomic E-state index is -3.73. The van der Waals surface area contributed by atoms with Crippen LogP contribution in [0.2, 0.25) is 0 Å². The number of nitrogens with one attached hydrogen (secondary N) is 2. The molecule has 2 aromatic rings. The minimum absolute atomic E-state index is 0.0249. The van der Waals surface area contributed by atoms with Gasteiger partial charge in [-0.1, -0.05) is 12.1 Å². The summed E-state index contributed by atoms with van der Waals surface area (Å²) in [4.78, 5) is 4.37. The third-order valence-corrected chi connectivity index (χ3v) is 4.40. The molecule has 0 unspecified atom stereocenters. The van der Waals surface area contributed by atoms with Gasteiger partial charge < -0.3 is 10.6 Å². The van der Waals surface area contributed by atoms with Crippen LogP contribution in [0, 0.1) is 11.6 Å². The standard InChI is InChI=1S/C17H20F2N4O2S/c1-2-21-17(23-11-13-9-14(18)5-8-16(13)19)22-10-12-3-6-15(7-4-12)26(20,24)25/h3-9H,2,10-11H2,1H3,(H2,20,24,25)(H2,21,22,23). The van der Waals surface area contributed by atoms with Gasteiger partial charge in [-0.3, -0.25) is 0 Å². The third kappa shape index (κ3) is 5.78. The molecule has 0 bridgehead atoms. The predicted octanol–water partition coefficient (Wildman–Crippen LogP) is 1.87. The van der Waals surface area contributed by atoms with Crippen LogP contribution in [0.1, 0.15) is 18.1 Å². The first kappa shape index (κ1) is 19.8. The second-order valence-corrected chi connectivity index (χ2v) is 7.03. The molecule has 0 spiro atoms. The van der Waals surface area contributed by atoms with E-state index in [0.29, 0.717) is 12.5 Å². The number of nitrogens with zero attached hydrogens (tertiary/aromatic N) is 1. The van der Waals surface area contributed by atoms with Crippen LogP contribution < -0.4 is 15.8 Å². The first-order valence-electron chi connectivity index (χ1n) is 7.87. The Labute approximate surface area is 151 Å². The Hall–Kier alpha value is -2.52. The molecular weight excluding hydrogens is 362 g/mol. The Kier molecular flexibility index (Phi) is 6.64. The topological polar surface area (TPSA) is 96.6 Å². The smallest absolute Gasteiger partial charge is 0.238 e. The highest BCUT2D eigenvalue weighted by Crippen LogP contribution is 2.10. The number of hydrogen-bond donors (Lipinski definition) is 3. The zero-order valence-corrected chi connectivity index (χ0v) is 15.0. The van der Waals surface area contributed by atoms with Gasteiger partial charge in [-0.25, -0.2) is 27.3 Å². The van der Waals surface area contributed by atoms with Crippen LogP contribution in [0.15, 0.2) is 52.4 Å². The second-order valence-electron chi connectivity index (χ2n) is 5.47. The highest BCUT2D eigenvalue weighted by Gasteiger charge is 2.07. The number of halogens is 2. The van der Waals surface area contributed by atoms with Crippen LogP contribution in [0.25, 0.3) is 0 Å². The summed E-state index contributed by atoms with van der Waals surface area (Å²) < 4.78 is 49.4. The van der Waals surface area contributed by atoms with E-state index in [2.05, 4.69) is 15.6 Å². The van der Waals surface area contributed by atoms with Gasteiger partial charge in [-0.2, -0.15) is 0 Å². The molecule has 0 aromatic heterocycles. The Morgan fingerprint density at radius 2 is 1.81 bits per heavy atom. The number of rotatable bonds is 6. The van der Waals surface area contributed by atoms with Crippen LogP contribution in [0.3, 0.4) is 0 Å². The minimum Gasteiger partial charge on any atom is -0.357 e. The number of nitrogens with two attached hydrogens (primary N) is 1. The molecule has 0 fully saturated rings. The highest BCUT2D eigenvalue weighted by molar-refractivity contribution is 7.89. The summed E-state index contributed by atoms with van der Waals surface area (Å²) >= 11 is 0. The van der Waals surface area contributed by atoms with Crippen LogP contribution in [-0.4, -0.2) is 20.9 Å². The Bertz CT molecular complexity index is 884. The van der Waals surface area contributed by atoms with Crippen LogP contribution >= 0.6 is 0 Å². The van der Waals surface area contributed by atoms with E-state index in [9.17, 15) is 17.2 Å². The number of aliphatic imine (C=N–C) groups is 1. The lowest BCUT2D eigenvalue weighted by Crippen LogP contribution is -2.37. The van der Waals surface area contributed by atoms with Crippen LogP contribution in [0.4, 0.5) is 8.78 Å². The summed E-state index contributed by atoms with van der Waals surface area (Å²) in [6, 6.07) is 9.29. The Balaban J connectivity index is 2.05. The van der Waals surface area contributed by atoms with Crippen LogP contribution in [-0.2, 0) is 23.1 Å². The normalized spacial score (nSPS) is 12.1. The lowest BCUT2D eigenvalue weighted by atomic mass is 10.2. The predicted molar refractivity (Wildman–Crippen MR) is 95.8 cm³/mol. The molecule has 0 aliphatic heterocycles. The quantitative estimate of drug-likeness (QED) is 0.525. The fraction of sp³-hybridized carbons (Fsp3) is 0.235. The van der Waals surface area contributed by atoms with E-state index < -0.39 is 21.7 Å². The summed E-state index contributed by atoms with van der Waals surface area (Å²) in [5, 5.41) is 11.0. The maximum absolute atomic E-state index is 13.7. The SMILES string of the molecule is CCNC(=NCc1ccc(S(N)(=O)=O)cc1)NCc1cc(F)ccc1F. The van der Waals surface area contributed by atoms with Gasteiger partial charge in [-0.05, 0) is 42.8 Å². The number of hydrogen-bond acceptors (Lipinski definition) is 3. The number of benzene rings is 2. The zero-order chi connectivity index (χ0) is 19.2. The molecule has 2 aromatic carbocycles. The summed E-state index contributed by atoms with van der Waals surface area (Å²) in [6.45, 7) is 2.80. The van der Waals surface area contributed by atoms with Crippen molar-refractivity contribution in [2.45, 2.75) is 24.9 Å². The molecule has 0 saturated heterocycles. The van der Waals surface area contributed by atoms with Gasteiger partial charge >= 0.3 is 0 Å². The monoisotopic (exact) mass is 382 g/mol. The van der Waals surface area contributed by atoms with Crippen molar-refractivity contribution in [1.82, 2.24) is 10.6 Å². The number of guanidine groups is 1. The maximum atomic E-state index is 13.7. The molecule has 0 aliphatic carbocycles. The fourth-order valence-electron chi connectivity index (χ4n) is 2.15. The van der Waals surface area contributed by atoms with Crippen molar-refractivity contribution < 1.29 is 17.2 Å². The first-order valence-corrected chi connectivity index (χ1v) is 9.42.